The quantitative estimate of drug-likeness (QED) is 0.428. The van der Waals surface area contributed by atoms with Gasteiger partial charge in [-0.3, -0.25) is 4.79 Å². The van der Waals surface area contributed by atoms with Crippen molar-refractivity contribution < 1.29 is 19.1 Å². The summed E-state index contributed by atoms with van der Waals surface area (Å²) < 4.78 is 10.6. The number of hydrogen-bond acceptors (Lipinski definition) is 5. The summed E-state index contributed by atoms with van der Waals surface area (Å²) in [7, 11) is 1.64. The molecule has 1 N–H and O–H groups in total. The van der Waals surface area contributed by atoms with Crippen molar-refractivity contribution in [3.05, 3.63) is 83.6 Å². The van der Waals surface area contributed by atoms with Crippen molar-refractivity contribution in [2.24, 2.45) is 0 Å². The molecule has 0 aliphatic heterocycles. The number of ether oxygens (including phenoxy) is 2. The lowest BCUT2D eigenvalue weighted by Crippen LogP contribution is -2.29. The number of amides is 1. The van der Waals surface area contributed by atoms with Gasteiger partial charge in [-0.05, 0) is 60.2 Å². The second-order valence-electron chi connectivity index (χ2n) is 7.80. The van der Waals surface area contributed by atoms with E-state index in [9.17, 15) is 9.59 Å². The molecule has 0 unspecified atom stereocenters. The Labute approximate surface area is 192 Å². The number of nitrogens with zero attached hydrogens (tertiary/aromatic N) is 1. The van der Waals surface area contributed by atoms with Crippen molar-refractivity contribution in [1.82, 2.24) is 10.3 Å². The predicted molar refractivity (Wildman–Crippen MR) is 129 cm³/mol. The Morgan fingerprint density at radius 1 is 1.12 bits per heavy atom. The van der Waals surface area contributed by atoms with E-state index in [1.54, 1.807) is 13.2 Å². The molecular formula is C27H26N2O4. The molecule has 0 spiro atoms. The fourth-order valence-electron chi connectivity index (χ4n) is 4.05. The molecule has 1 aliphatic rings. The van der Waals surface area contributed by atoms with Gasteiger partial charge in [-0.15, -0.1) is 6.58 Å². The van der Waals surface area contributed by atoms with E-state index in [1.165, 1.54) is 0 Å². The van der Waals surface area contributed by atoms with Crippen LogP contribution in [0.1, 0.15) is 40.0 Å². The maximum absolute atomic E-state index is 13.2. The van der Waals surface area contributed by atoms with Gasteiger partial charge in [0.25, 0.3) is 5.91 Å². The molecule has 1 aromatic heterocycles. The van der Waals surface area contributed by atoms with Gasteiger partial charge < -0.3 is 14.8 Å². The highest BCUT2D eigenvalue weighted by Crippen LogP contribution is 2.36. The Morgan fingerprint density at radius 3 is 2.67 bits per heavy atom. The molecule has 3 aromatic rings. The van der Waals surface area contributed by atoms with Crippen LogP contribution >= 0.6 is 0 Å². The largest absolute Gasteiger partial charge is 0.497 e. The Morgan fingerprint density at radius 2 is 1.91 bits per heavy atom. The number of carbonyl (C=O) groups excluding carboxylic acids is 2. The van der Waals surface area contributed by atoms with Crippen LogP contribution in [0.4, 0.5) is 0 Å². The zero-order valence-electron chi connectivity index (χ0n) is 18.6. The number of para-hydroxylation sites is 1. The summed E-state index contributed by atoms with van der Waals surface area (Å²) in [5.41, 5.74) is 5.02. The highest BCUT2D eigenvalue weighted by Gasteiger charge is 2.26. The third-order valence-corrected chi connectivity index (χ3v) is 5.61. The maximum Gasteiger partial charge on any atom is 0.339 e. The summed E-state index contributed by atoms with van der Waals surface area (Å²) in [6.45, 7) is 3.54. The van der Waals surface area contributed by atoms with Crippen LogP contribution < -0.4 is 10.1 Å². The molecule has 6 nitrogen and oxygen atoms in total. The van der Waals surface area contributed by atoms with Crippen LogP contribution in [0.2, 0.25) is 0 Å². The lowest BCUT2D eigenvalue weighted by atomic mass is 9.86. The van der Waals surface area contributed by atoms with Gasteiger partial charge in [0.1, 0.15) is 5.75 Å². The smallest absolute Gasteiger partial charge is 0.339 e. The Kier molecular flexibility index (Phi) is 6.83. The number of benzene rings is 2. The van der Waals surface area contributed by atoms with Crippen LogP contribution in [0.5, 0.6) is 5.75 Å². The highest BCUT2D eigenvalue weighted by atomic mass is 16.5. The average molecular weight is 443 g/mol. The van der Waals surface area contributed by atoms with Crippen LogP contribution in [-0.2, 0) is 16.0 Å². The van der Waals surface area contributed by atoms with Crippen LogP contribution in [0.3, 0.4) is 0 Å². The molecule has 168 valence electrons. The van der Waals surface area contributed by atoms with Gasteiger partial charge in [0.15, 0.2) is 6.61 Å². The molecule has 0 bridgehead atoms. The average Bonchev–Trinajstić information content (AvgIpc) is 2.85. The van der Waals surface area contributed by atoms with Crippen LogP contribution in [0.25, 0.3) is 22.6 Å². The first-order valence-electron chi connectivity index (χ1n) is 10.9. The number of aromatic nitrogens is 1. The Bertz CT molecular complexity index is 1230. The number of allylic oxidation sites excluding steroid dienone is 1. The van der Waals surface area contributed by atoms with Gasteiger partial charge in [0.05, 0.1) is 23.9 Å². The number of fused-ring (bicyclic) bond motifs is 2. The molecule has 0 fully saturated rings. The van der Waals surface area contributed by atoms with Crippen molar-refractivity contribution in [2.45, 2.75) is 19.3 Å². The first kappa shape index (κ1) is 22.3. The number of pyridine rings is 1. The molecule has 2 aromatic carbocycles. The third kappa shape index (κ3) is 4.95. The van der Waals surface area contributed by atoms with Gasteiger partial charge in [-0.25, -0.2) is 9.78 Å². The van der Waals surface area contributed by atoms with Gasteiger partial charge in [-0.2, -0.15) is 0 Å². The zero-order chi connectivity index (χ0) is 23.2. The van der Waals surface area contributed by atoms with Crippen LogP contribution in [0, 0.1) is 0 Å². The van der Waals surface area contributed by atoms with Crippen LogP contribution in [0.15, 0.2) is 61.2 Å². The standard InChI is InChI=1S/C27H26N2O4/c1-3-15-28-24(30)17-33-27(31)25-21-8-4-5-10-23(21)29-26-19(7-6-9-22(25)26)16-18-11-13-20(32-2)14-12-18/h3-5,8,10-14,16H,1,6-7,9,15,17H2,2H3,(H,28,30)/b19-16-. The van der Waals surface area contributed by atoms with Crippen LogP contribution in [-0.4, -0.2) is 37.1 Å². The minimum atomic E-state index is -0.510. The van der Waals surface area contributed by atoms with E-state index in [0.29, 0.717) is 12.1 Å². The molecule has 0 saturated carbocycles. The van der Waals surface area contributed by atoms with Gasteiger partial charge >= 0.3 is 5.97 Å². The number of methoxy groups -OCH3 is 1. The summed E-state index contributed by atoms with van der Waals surface area (Å²) in [6, 6.07) is 15.4. The van der Waals surface area contributed by atoms with E-state index in [4.69, 9.17) is 14.5 Å². The highest BCUT2D eigenvalue weighted by molar-refractivity contribution is 6.07. The predicted octanol–water partition coefficient (Wildman–Crippen LogP) is 4.58. The maximum atomic E-state index is 13.2. The molecule has 1 amide bonds. The lowest BCUT2D eigenvalue weighted by molar-refractivity contribution is -0.124. The molecule has 0 saturated heterocycles. The number of esters is 1. The molecule has 0 atom stereocenters. The molecule has 33 heavy (non-hydrogen) atoms. The number of nitrogens with one attached hydrogen (secondary N) is 1. The molecule has 6 heteroatoms. The number of hydrogen-bond donors (Lipinski definition) is 1. The molecule has 0 radical (unpaired) electrons. The number of carbonyl (C=O) groups is 2. The minimum Gasteiger partial charge on any atom is -0.497 e. The SMILES string of the molecule is C=CCNC(=O)COC(=O)c1c2c(nc3ccccc13)/C(=C\c1ccc(OC)cc1)CCC2. The summed E-state index contributed by atoms with van der Waals surface area (Å²) in [6.07, 6.45) is 6.17. The minimum absolute atomic E-state index is 0.323. The molecule has 4 rings (SSSR count). The fourth-order valence-corrected chi connectivity index (χ4v) is 4.05. The van der Waals surface area contributed by atoms with E-state index < -0.39 is 5.97 Å². The molecular weight excluding hydrogens is 416 g/mol. The van der Waals surface area contributed by atoms with E-state index in [1.807, 2.05) is 48.5 Å². The van der Waals surface area contributed by atoms with Crippen molar-refractivity contribution in [1.29, 1.82) is 0 Å². The summed E-state index contributed by atoms with van der Waals surface area (Å²) in [4.78, 5) is 30.0. The Hall–Kier alpha value is -3.93. The van der Waals surface area contributed by atoms with E-state index >= 15 is 0 Å². The van der Waals surface area contributed by atoms with E-state index in [0.717, 1.165) is 58.3 Å². The normalized spacial score (nSPS) is 13.9. The lowest BCUT2D eigenvalue weighted by Gasteiger charge is -2.22. The summed E-state index contributed by atoms with van der Waals surface area (Å²) in [5.74, 6) is -0.0765. The van der Waals surface area contributed by atoms with E-state index in [-0.39, 0.29) is 12.5 Å². The first-order chi connectivity index (χ1) is 16.1. The Balaban J connectivity index is 1.73. The number of rotatable bonds is 7. The molecule has 1 heterocycles. The monoisotopic (exact) mass is 442 g/mol. The first-order valence-corrected chi connectivity index (χ1v) is 10.9. The van der Waals surface area contributed by atoms with Gasteiger partial charge in [-0.1, -0.05) is 36.4 Å². The van der Waals surface area contributed by atoms with Gasteiger partial charge in [0, 0.05) is 11.9 Å². The van der Waals surface area contributed by atoms with Crippen molar-refractivity contribution >= 4 is 34.4 Å². The van der Waals surface area contributed by atoms with Crippen molar-refractivity contribution in [3.63, 3.8) is 0 Å². The molecule has 1 aliphatic carbocycles. The third-order valence-electron chi connectivity index (χ3n) is 5.61. The second-order valence-corrected chi connectivity index (χ2v) is 7.80. The second kappa shape index (κ2) is 10.1. The van der Waals surface area contributed by atoms with Crippen molar-refractivity contribution in [3.8, 4) is 5.75 Å². The topological polar surface area (TPSA) is 77.5 Å². The fraction of sp³-hybridized carbons (Fsp3) is 0.222. The van der Waals surface area contributed by atoms with Crippen molar-refractivity contribution in [2.75, 3.05) is 20.3 Å². The summed E-state index contributed by atoms with van der Waals surface area (Å²) in [5, 5.41) is 3.35. The van der Waals surface area contributed by atoms with Gasteiger partial charge in [0.2, 0.25) is 0 Å². The summed E-state index contributed by atoms with van der Waals surface area (Å²) >= 11 is 0. The van der Waals surface area contributed by atoms with E-state index in [2.05, 4.69) is 18.0 Å². The zero-order valence-corrected chi connectivity index (χ0v) is 18.6.